The van der Waals surface area contributed by atoms with Gasteiger partial charge in [0, 0.05) is 31.8 Å². The monoisotopic (exact) mass is 463 g/mol. The highest BCUT2D eigenvalue weighted by Gasteiger charge is 2.27. The van der Waals surface area contributed by atoms with E-state index in [1.54, 1.807) is 67.3 Å². The third kappa shape index (κ3) is 5.51. The number of carbonyl (C=O) groups excluding carboxylic acids is 3. The average molecular weight is 464 g/mol. The van der Waals surface area contributed by atoms with Crippen LogP contribution in [0.2, 0.25) is 0 Å². The average Bonchev–Trinajstić information content (AvgIpc) is 3.13. The first-order chi connectivity index (χ1) is 16.2. The zero-order valence-corrected chi connectivity index (χ0v) is 20.1. The van der Waals surface area contributed by atoms with Gasteiger partial charge in [0.1, 0.15) is 0 Å². The van der Waals surface area contributed by atoms with Gasteiger partial charge >= 0.3 is 11.9 Å². The van der Waals surface area contributed by atoms with E-state index in [0.717, 1.165) is 22.6 Å². The molecule has 2 aromatic carbocycles. The number of benzene rings is 2. The number of methoxy groups -OCH3 is 1. The summed E-state index contributed by atoms with van der Waals surface area (Å²) in [5, 5.41) is 4.59. The van der Waals surface area contributed by atoms with Crippen molar-refractivity contribution in [2.24, 2.45) is 0 Å². The highest BCUT2D eigenvalue weighted by Crippen LogP contribution is 2.23. The Hall–Kier alpha value is -3.94. The van der Waals surface area contributed by atoms with Crippen molar-refractivity contribution in [1.29, 1.82) is 0 Å². The van der Waals surface area contributed by atoms with E-state index < -0.39 is 12.1 Å². The Balaban J connectivity index is 1.79. The molecule has 0 radical (unpaired) electrons. The quantitative estimate of drug-likeness (QED) is 0.474. The fourth-order valence-electron chi connectivity index (χ4n) is 3.65. The second-order valence-electron chi connectivity index (χ2n) is 8.11. The fraction of sp³-hybridized carbons (Fsp3) is 0.308. The van der Waals surface area contributed by atoms with Gasteiger partial charge in [-0.2, -0.15) is 5.10 Å². The number of rotatable bonds is 8. The van der Waals surface area contributed by atoms with Gasteiger partial charge in [-0.25, -0.2) is 9.48 Å². The van der Waals surface area contributed by atoms with Crippen molar-refractivity contribution in [3.05, 3.63) is 82.7 Å². The van der Waals surface area contributed by atoms with Crippen LogP contribution in [-0.4, -0.2) is 53.7 Å². The SMILES string of the molecule is COC(=O)CCc1c(C)nn(-c2ccc(C(=O)OC(C(=O)N(C)C)c3ccccc3)cc2)c1C. The molecule has 1 aromatic heterocycles. The number of aryl methyl sites for hydroxylation is 1. The summed E-state index contributed by atoms with van der Waals surface area (Å²) in [7, 11) is 4.61. The van der Waals surface area contributed by atoms with Gasteiger partial charge in [-0.3, -0.25) is 9.59 Å². The lowest BCUT2D eigenvalue weighted by atomic mass is 10.1. The number of likely N-dealkylation sites (N-methyl/N-ethyl adjacent to an activating group) is 1. The molecule has 8 nitrogen and oxygen atoms in total. The molecule has 34 heavy (non-hydrogen) atoms. The number of carbonyl (C=O) groups is 3. The Morgan fingerprint density at radius 1 is 1.00 bits per heavy atom. The Morgan fingerprint density at radius 3 is 2.24 bits per heavy atom. The molecule has 0 bridgehead atoms. The smallest absolute Gasteiger partial charge is 0.339 e. The highest BCUT2D eigenvalue weighted by atomic mass is 16.5. The number of hydrogen-bond donors (Lipinski definition) is 0. The van der Waals surface area contributed by atoms with Gasteiger partial charge in [-0.15, -0.1) is 0 Å². The van der Waals surface area contributed by atoms with Crippen molar-refractivity contribution >= 4 is 17.8 Å². The van der Waals surface area contributed by atoms with Crippen LogP contribution in [0.4, 0.5) is 0 Å². The van der Waals surface area contributed by atoms with Crippen LogP contribution in [0.5, 0.6) is 0 Å². The van der Waals surface area contributed by atoms with Crippen molar-refractivity contribution in [2.75, 3.05) is 21.2 Å². The van der Waals surface area contributed by atoms with Crippen molar-refractivity contribution in [3.63, 3.8) is 0 Å². The van der Waals surface area contributed by atoms with Crippen molar-refractivity contribution in [1.82, 2.24) is 14.7 Å². The van der Waals surface area contributed by atoms with Crippen LogP contribution in [0.25, 0.3) is 5.69 Å². The number of aromatic nitrogens is 2. The first-order valence-corrected chi connectivity index (χ1v) is 10.9. The lowest BCUT2D eigenvalue weighted by molar-refractivity contribution is -0.140. The van der Waals surface area contributed by atoms with Gasteiger partial charge in [0.15, 0.2) is 0 Å². The molecule has 1 heterocycles. The van der Waals surface area contributed by atoms with Gasteiger partial charge in [-0.05, 0) is 50.1 Å². The van der Waals surface area contributed by atoms with Crippen molar-refractivity contribution < 1.29 is 23.9 Å². The summed E-state index contributed by atoms with van der Waals surface area (Å²) in [5.41, 5.74) is 4.43. The molecule has 0 aliphatic rings. The number of ether oxygens (including phenoxy) is 2. The predicted octanol–water partition coefficient (Wildman–Crippen LogP) is 3.58. The Morgan fingerprint density at radius 2 is 1.65 bits per heavy atom. The molecule has 0 saturated carbocycles. The first kappa shape index (κ1) is 24.7. The van der Waals surface area contributed by atoms with Crippen LogP contribution < -0.4 is 0 Å². The molecule has 3 rings (SSSR count). The maximum absolute atomic E-state index is 12.8. The van der Waals surface area contributed by atoms with Gasteiger partial charge < -0.3 is 14.4 Å². The van der Waals surface area contributed by atoms with E-state index in [-0.39, 0.29) is 18.3 Å². The Kier molecular flexibility index (Phi) is 7.83. The van der Waals surface area contributed by atoms with Crippen LogP contribution in [-0.2, 0) is 25.5 Å². The van der Waals surface area contributed by atoms with E-state index >= 15 is 0 Å². The fourth-order valence-corrected chi connectivity index (χ4v) is 3.65. The lowest BCUT2D eigenvalue weighted by Crippen LogP contribution is -2.31. The molecule has 0 aliphatic heterocycles. The summed E-state index contributed by atoms with van der Waals surface area (Å²) in [4.78, 5) is 38.4. The molecule has 8 heteroatoms. The maximum Gasteiger partial charge on any atom is 0.339 e. The molecule has 3 aromatic rings. The maximum atomic E-state index is 12.8. The van der Waals surface area contributed by atoms with Crippen LogP contribution >= 0.6 is 0 Å². The van der Waals surface area contributed by atoms with Crippen LogP contribution in [0, 0.1) is 13.8 Å². The van der Waals surface area contributed by atoms with E-state index in [2.05, 4.69) is 5.10 Å². The summed E-state index contributed by atoms with van der Waals surface area (Å²) in [5.74, 6) is -1.18. The van der Waals surface area contributed by atoms with E-state index in [1.165, 1.54) is 12.0 Å². The zero-order chi connectivity index (χ0) is 24.8. The molecule has 1 amide bonds. The molecule has 0 saturated heterocycles. The Bertz CT molecular complexity index is 1170. The summed E-state index contributed by atoms with van der Waals surface area (Å²) in [6.45, 7) is 3.83. The molecule has 1 atom stereocenters. The van der Waals surface area contributed by atoms with Gasteiger partial charge in [0.2, 0.25) is 6.10 Å². The van der Waals surface area contributed by atoms with Gasteiger partial charge in [0.25, 0.3) is 5.91 Å². The molecule has 0 spiro atoms. The molecule has 1 unspecified atom stereocenters. The molecule has 178 valence electrons. The molecular weight excluding hydrogens is 434 g/mol. The second kappa shape index (κ2) is 10.8. The number of hydrogen-bond acceptors (Lipinski definition) is 6. The van der Waals surface area contributed by atoms with Crippen molar-refractivity contribution in [2.45, 2.75) is 32.8 Å². The summed E-state index contributed by atoms with van der Waals surface area (Å²) in [6.07, 6.45) is -0.213. The van der Waals surface area contributed by atoms with E-state index in [4.69, 9.17) is 9.47 Å². The van der Waals surface area contributed by atoms with E-state index in [0.29, 0.717) is 17.5 Å². The predicted molar refractivity (Wildman–Crippen MR) is 127 cm³/mol. The van der Waals surface area contributed by atoms with Gasteiger partial charge in [0.05, 0.1) is 24.1 Å². The summed E-state index contributed by atoms with van der Waals surface area (Å²) in [6, 6.07) is 15.8. The number of nitrogens with zero attached hydrogens (tertiary/aromatic N) is 3. The topological polar surface area (TPSA) is 90.7 Å². The molecule has 0 fully saturated rings. The van der Waals surface area contributed by atoms with E-state index in [9.17, 15) is 14.4 Å². The minimum absolute atomic E-state index is 0.268. The van der Waals surface area contributed by atoms with Crippen molar-refractivity contribution in [3.8, 4) is 5.69 Å². The first-order valence-electron chi connectivity index (χ1n) is 10.9. The third-order valence-corrected chi connectivity index (χ3v) is 5.59. The van der Waals surface area contributed by atoms with Crippen LogP contribution in [0.1, 0.15) is 45.4 Å². The second-order valence-corrected chi connectivity index (χ2v) is 8.11. The highest BCUT2D eigenvalue weighted by molar-refractivity contribution is 5.92. The molecule has 0 N–H and O–H groups in total. The summed E-state index contributed by atoms with van der Waals surface area (Å²) >= 11 is 0. The molecular formula is C26H29N3O5. The lowest BCUT2D eigenvalue weighted by Gasteiger charge is -2.21. The van der Waals surface area contributed by atoms with Crippen LogP contribution in [0.15, 0.2) is 54.6 Å². The number of esters is 2. The summed E-state index contributed by atoms with van der Waals surface area (Å²) < 4.78 is 12.1. The minimum atomic E-state index is -1.03. The standard InChI is InChI=1S/C26H29N3O5/c1-17-22(15-16-23(30)33-5)18(2)29(27-17)21-13-11-20(12-14-21)26(32)34-24(25(31)28(3)4)19-9-7-6-8-10-19/h6-14,24H,15-16H2,1-5H3. The van der Waals surface area contributed by atoms with E-state index in [1.807, 2.05) is 19.9 Å². The van der Waals surface area contributed by atoms with Gasteiger partial charge in [-0.1, -0.05) is 30.3 Å². The normalized spacial score (nSPS) is 11.6. The number of amides is 1. The third-order valence-electron chi connectivity index (χ3n) is 5.59. The zero-order valence-electron chi connectivity index (χ0n) is 20.1. The molecule has 0 aliphatic carbocycles. The van der Waals surface area contributed by atoms with Crippen LogP contribution in [0.3, 0.4) is 0 Å². The largest absolute Gasteiger partial charge is 0.469 e. The minimum Gasteiger partial charge on any atom is -0.469 e. The Labute approximate surface area is 199 Å².